The van der Waals surface area contributed by atoms with Crippen LogP contribution in [-0.4, -0.2) is 38.6 Å². The first kappa shape index (κ1) is 17.3. The van der Waals surface area contributed by atoms with Crippen molar-refractivity contribution in [3.8, 4) is 0 Å². The Balaban J connectivity index is 1.77. The number of cyclic esters (lactones) is 1. The van der Waals surface area contributed by atoms with Gasteiger partial charge in [-0.2, -0.15) is 0 Å². The molecule has 0 atom stereocenters. The number of amides is 3. The Morgan fingerprint density at radius 1 is 1.15 bits per heavy atom. The van der Waals surface area contributed by atoms with Gasteiger partial charge in [0.1, 0.15) is 6.61 Å². The van der Waals surface area contributed by atoms with Crippen LogP contribution >= 0.6 is 0 Å². The molecule has 8 nitrogen and oxygen atoms in total. The van der Waals surface area contributed by atoms with E-state index in [9.17, 15) is 14.4 Å². The maximum atomic E-state index is 12.5. The molecule has 1 heterocycles. The van der Waals surface area contributed by atoms with E-state index in [0.29, 0.717) is 47.9 Å². The topological polar surface area (TPSA) is 99.8 Å². The molecule has 3 rings (SSSR count). The van der Waals surface area contributed by atoms with Crippen LogP contribution in [0, 0.1) is 0 Å². The lowest BCUT2D eigenvalue weighted by Gasteiger charge is -2.15. The lowest BCUT2D eigenvalue weighted by atomic mass is 10.1. The summed E-state index contributed by atoms with van der Waals surface area (Å²) in [5.74, 6) is -0.305. The fourth-order valence-corrected chi connectivity index (χ4v) is 2.72. The Hall–Kier alpha value is -3.55. The number of benzene rings is 2. The highest BCUT2D eigenvalue weighted by Gasteiger charge is 2.23. The summed E-state index contributed by atoms with van der Waals surface area (Å²) in [6.45, 7) is 0.853. The van der Waals surface area contributed by atoms with Gasteiger partial charge in [0.05, 0.1) is 23.6 Å². The van der Waals surface area contributed by atoms with Gasteiger partial charge in [-0.15, -0.1) is 0 Å². The lowest BCUT2D eigenvalue weighted by molar-refractivity contribution is -0.105. The summed E-state index contributed by atoms with van der Waals surface area (Å²) in [6.07, 6.45) is 0.185. The SMILES string of the molecule is CNc1c(NC=O)cccc1NC(=O)c1ccc(N2CCOC2=O)cc1. The predicted octanol–water partition coefficient (Wildman–Crippen LogP) is 2.51. The molecule has 0 aromatic heterocycles. The molecule has 2 aromatic carbocycles. The molecule has 3 N–H and O–H groups in total. The van der Waals surface area contributed by atoms with Gasteiger partial charge in [0.15, 0.2) is 0 Å². The largest absolute Gasteiger partial charge is 0.447 e. The second-order valence-corrected chi connectivity index (χ2v) is 5.51. The van der Waals surface area contributed by atoms with Gasteiger partial charge in [0.25, 0.3) is 5.91 Å². The van der Waals surface area contributed by atoms with Gasteiger partial charge in [-0.1, -0.05) is 6.07 Å². The minimum absolute atomic E-state index is 0.305. The molecule has 1 aliphatic heterocycles. The Bertz CT molecular complexity index is 836. The van der Waals surface area contributed by atoms with Gasteiger partial charge >= 0.3 is 6.09 Å². The predicted molar refractivity (Wildman–Crippen MR) is 98.8 cm³/mol. The lowest BCUT2D eigenvalue weighted by Crippen LogP contribution is -2.23. The number of hydrogen-bond donors (Lipinski definition) is 3. The highest BCUT2D eigenvalue weighted by atomic mass is 16.6. The molecular weight excluding hydrogens is 336 g/mol. The molecule has 8 heteroatoms. The van der Waals surface area contributed by atoms with Crippen LogP contribution in [0.2, 0.25) is 0 Å². The number of nitrogens with zero attached hydrogens (tertiary/aromatic N) is 1. The van der Waals surface area contributed by atoms with Crippen LogP contribution in [0.5, 0.6) is 0 Å². The average Bonchev–Trinajstić information content (AvgIpc) is 3.08. The first-order valence-electron chi connectivity index (χ1n) is 8.00. The van der Waals surface area contributed by atoms with Gasteiger partial charge in [0.2, 0.25) is 6.41 Å². The van der Waals surface area contributed by atoms with Crippen molar-refractivity contribution >= 4 is 41.2 Å². The summed E-state index contributed by atoms with van der Waals surface area (Å²) in [4.78, 5) is 36.3. The molecule has 2 aromatic rings. The molecule has 1 saturated heterocycles. The van der Waals surface area contributed by atoms with Crippen LogP contribution in [0.1, 0.15) is 10.4 Å². The Kier molecular flexibility index (Phi) is 5.02. The molecule has 0 bridgehead atoms. The van der Waals surface area contributed by atoms with E-state index in [4.69, 9.17) is 4.74 Å². The first-order chi connectivity index (χ1) is 12.6. The number of rotatable bonds is 6. The smallest absolute Gasteiger partial charge is 0.414 e. The minimum Gasteiger partial charge on any atom is -0.447 e. The summed E-state index contributed by atoms with van der Waals surface area (Å²) in [5.41, 5.74) is 2.82. The number of nitrogens with one attached hydrogen (secondary N) is 3. The zero-order valence-corrected chi connectivity index (χ0v) is 14.1. The van der Waals surface area contributed by atoms with Crippen LogP contribution in [0.4, 0.5) is 27.5 Å². The molecule has 0 spiro atoms. The maximum Gasteiger partial charge on any atom is 0.414 e. The monoisotopic (exact) mass is 354 g/mol. The van der Waals surface area contributed by atoms with Crippen LogP contribution in [0.25, 0.3) is 0 Å². The number of carbonyl (C=O) groups excluding carboxylic acids is 3. The number of carbonyl (C=O) groups is 3. The number of ether oxygens (including phenoxy) is 1. The molecule has 0 aliphatic carbocycles. The van der Waals surface area contributed by atoms with Crippen molar-refractivity contribution < 1.29 is 19.1 Å². The molecule has 0 unspecified atom stereocenters. The van der Waals surface area contributed by atoms with Gasteiger partial charge < -0.3 is 20.7 Å². The zero-order valence-electron chi connectivity index (χ0n) is 14.1. The fourth-order valence-electron chi connectivity index (χ4n) is 2.72. The Labute approximate surface area is 150 Å². The van der Waals surface area contributed by atoms with Crippen LogP contribution in [-0.2, 0) is 9.53 Å². The van der Waals surface area contributed by atoms with Crippen LogP contribution < -0.4 is 20.9 Å². The highest BCUT2D eigenvalue weighted by Crippen LogP contribution is 2.30. The van der Waals surface area contributed by atoms with Crippen molar-refractivity contribution in [1.82, 2.24) is 0 Å². The third kappa shape index (κ3) is 3.44. The van der Waals surface area contributed by atoms with Gasteiger partial charge in [-0.25, -0.2) is 4.79 Å². The van der Waals surface area contributed by atoms with E-state index in [2.05, 4.69) is 16.0 Å². The van der Waals surface area contributed by atoms with Gasteiger partial charge in [-0.05, 0) is 36.4 Å². The van der Waals surface area contributed by atoms with E-state index in [1.54, 1.807) is 49.5 Å². The number of para-hydroxylation sites is 1. The van der Waals surface area contributed by atoms with Crippen molar-refractivity contribution in [3.05, 3.63) is 48.0 Å². The summed E-state index contributed by atoms with van der Waals surface area (Å²) in [5, 5.41) is 8.35. The van der Waals surface area contributed by atoms with Crippen molar-refractivity contribution in [1.29, 1.82) is 0 Å². The van der Waals surface area contributed by atoms with Crippen molar-refractivity contribution in [3.63, 3.8) is 0 Å². The fraction of sp³-hybridized carbons (Fsp3) is 0.167. The van der Waals surface area contributed by atoms with Crippen molar-refractivity contribution in [2.75, 3.05) is 41.0 Å². The summed E-state index contributed by atoms with van der Waals surface area (Å²) in [6, 6.07) is 11.9. The zero-order chi connectivity index (χ0) is 18.5. The van der Waals surface area contributed by atoms with Gasteiger partial charge in [0, 0.05) is 18.3 Å². The molecular formula is C18H18N4O4. The average molecular weight is 354 g/mol. The standard InChI is InChI=1S/C18H18N4O4/c1-19-16-14(20-11-23)3-2-4-15(16)21-17(24)12-5-7-13(8-6-12)22-9-10-26-18(22)25/h2-8,11,19H,9-10H2,1H3,(H,20,23)(H,21,24). The maximum absolute atomic E-state index is 12.5. The minimum atomic E-state index is -0.389. The Morgan fingerprint density at radius 2 is 1.88 bits per heavy atom. The van der Waals surface area contributed by atoms with E-state index >= 15 is 0 Å². The molecule has 3 amide bonds. The van der Waals surface area contributed by atoms with E-state index < -0.39 is 0 Å². The van der Waals surface area contributed by atoms with E-state index in [1.807, 2.05) is 0 Å². The van der Waals surface area contributed by atoms with E-state index in [-0.39, 0.29) is 12.0 Å². The summed E-state index contributed by atoms with van der Waals surface area (Å²) < 4.78 is 4.90. The van der Waals surface area contributed by atoms with Crippen molar-refractivity contribution in [2.45, 2.75) is 0 Å². The van der Waals surface area contributed by atoms with Gasteiger partial charge in [-0.3, -0.25) is 14.5 Å². The molecule has 134 valence electrons. The molecule has 26 heavy (non-hydrogen) atoms. The molecule has 0 radical (unpaired) electrons. The second kappa shape index (κ2) is 7.56. The summed E-state index contributed by atoms with van der Waals surface area (Å²) >= 11 is 0. The second-order valence-electron chi connectivity index (χ2n) is 5.51. The Morgan fingerprint density at radius 3 is 2.50 bits per heavy atom. The molecule has 0 saturated carbocycles. The first-order valence-corrected chi connectivity index (χ1v) is 8.00. The quantitative estimate of drug-likeness (QED) is 0.692. The van der Waals surface area contributed by atoms with Crippen LogP contribution in [0.3, 0.4) is 0 Å². The number of hydrogen-bond acceptors (Lipinski definition) is 5. The highest BCUT2D eigenvalue weighted by molar-refractivity contribution is 6.07. The number of anilines is 4. The third-order valence-corrected chi connectivity index (χ3v) is 3.98. The normalized spacial score (nSPS) is 13.1. The molecule has 1 aliphatic rings. The van der Waals surface area contributed by atoms with Crippen LogP contribution in [0.15, 0.2) is 42.5 Å². The third-order valence-electron chi connectivity index (χ3n) is 3.98. The van der Waals surface area contributed by atoms with E-state index in [0.717, 1.165) is 0 Å². The summed E-state index contributed by atoms with van der Waals surface area (Å²) in [7, 11) is 1.70. The molecule has 1 fully saturated rings. The van der Waals surface area contributed by atoms with E-state index in [1.165, 1.54) is 4.90 Å². The van der Waals surface area contributed by atoms with Crippen molar-refractivity contribution in [2.24, 2.45) is 0 Å².